The number of nitrogens with one attached hydrogen (secondary N) is 2. The third-order valence-corrected chi connectivity index (χ3v) is 3.31. The Morgan fingerprint density at radius 3 is 2.45 bits per heavy atom. The number of carbonyl (C=O) groups excluding carboxylic acids is 1. The van der Waals surface area contributed by atoms with Gasteiger partial charge < -0.3 is 21.6 Å². The molecule has 6 heteroatoms. The third-order valence-electron chi connectivity index (χ3n) is 3.31. The minimum absolute atomic E-state index is 0.0226. The van der Waals surface area contributed by atoms with Gasteiger partial charge in [-0.2, -0.15) is 0 Å². The number of amides is 1. The Labute approximate surface area is 122 Å². The number of hydrogen-bond donors (Lipinski definition) is 4. The van der Waals surface area contributed by atoms with E-state index in [1.54, 1.807) is 0 Å². The first kappa shape index (κ1) is 18.7. The summed E-state index contributed by atoms with van der Waals surface area (Å²) in [4.78, 5) is 11.7. The molecular formula is C14H30N4O2. The summed E-state index contributed by atoms with van der Waals surface area (Å²) in [6, 6.07) is -0.208. The van der Waals surface area contributed by atoms with Gasteiger partial charge in [0.05, 0.1) is 6.04 Å². The number of amidine groups is 1. The van der Waals surface area contributed by atoms with Crippen LogP contribution < -0.4 is 16.4 Å². The van der Waals surface area contributed by atoms with Crippen LogP contribution in [0.25, 0.3) is 0 Å². The molecule has 0 aromatic carbocycles. The molecule has 0 aliphatic heterocycles. The van der Waals surface area contributed by atoms with Crippen LogP contribution in [0.15, 0.2) is 5.16 Å². The molecule has 1 unspecified atom stereocenters. The van der Waals surface area contributed by atoms with Crippen LogP contribution in [-0.2, 0) is 4.79 Å². The van der Waals surface area contributed by atoms with E-state index in [1.165, 1.54) is 0 Å². The Balaban J connectivity index is 3.92. The third kappa shape index (κ3) is 7.33. The van der Waals surface area contributed by atoms with Crippen LogP contribution in [0, 0.1) is 11.3 Å². The van der Waals surface area contributed by atoms with Gasteiger partial charge in [-0.15, -0.1) is 0 Å². The molecule has 0 saturated heterocycles. The Kier molecular flexibility index (Phi) is 8.22. The first-order valence-corrected chi connectivity index (χ1v) is 7.19. The largest absolute Gasteiger partial charge is 0.409 e. The maximum Gasteiger partial charge on any atom is 0.236 e. The highest BCUT2D eigenvalue weighted by atomic mass is 16.4. The maximum absolute atomic E-state index is 11.7. The highest BCUT2D eigenvalue weighted by Gasteiger charge is 2.23. The zero-order chi connectivity index (χ0) is 15.8. The highest BCUT2D eigenvalue weighted by Crippen LogP contribution is 2.21. The second-order valence-electron chi connectivity index (χ2n) is 6.29. The quantitative estimate of drug-likeness (QED) is 0.169. The molecule has 0 radical (unpaired) electrons. The average Bonchev–Trinajstić information content (AvgIpc) is 2.39. The van der Waals surface area contributed by atoms with Gasteiger partial charge in [0.15, 0.2) is 0 Å². The lowest BCUT2D eigenvalue weighted by atomic mass is 9.86. The number of nitrogens with two attached hydrogens (primary N) is 1. The number of carbonyl (C=O) groups is 1. The van der Waals surface area contributed by atoms with Crippen LogP contribution in [0.1, 0.15) is 47.5 Å². The topological polar surface area (TPSA) is 99.7 Å². The summed E-state index contributed by atoms with van der Waals surface area (Å²) in [5.74, 6) is 0.710. The zero-order valence-corrected chi connectivity index (χ0v) is 13.4. The Morgan fingerprint density at radius 2 is 1.95 bits per heavy atom. The molecule has 6 nitrogen and oxygen atoms in total. The monoisotopic (exact) mass is 286 g/mol. The normalized spacial score (nSPS) is 14.4. The molecule has 0 aliphatic carbocycles. The number of oxime groups is 1. The fourth-order valence-corrected chi connectivity index (χ4v) is 1.66. The molecule has 1 amide bonds. The number of rotatable bonds is 9. The standard InChI is InChI=1S/C14H30N4O2/c1-10(2)9-17-12(19)11(3)16-8-6-7-14(4,5)13(15)18-20/h10-11,16,20H,6-9H2,1-5H3,(H2,15,18)(H,17,19). The summed E-state index contributed by atoms with van der Waals surface area (Å²) < 4.78 is 0. The Bertz CT molecular complexity index is 327. The van der Waals surface area contributed by atoms with E-state index in [4.69, 9.17) is 10.9 Å². The van der Waals surface area contributed by atoms with Crippen LogP contribution in [-0.4, -0.2) is 36.1 Å². The molecule has 5 N–H and O–H groups in total. The minimum atomic E-state index is -0.334. The fourth-order valence-electron chi connectivity index (χ4n) is 1.66. The fraction of sp³-hybridized carbons (Fsp3) is 0.857. The van der Waals surface area contributed by atoms with Crippen molar-refractivity contribution in [1.29, 1.82) is 0 Å². The van der Waals surface area contributed by atoms with E-state index in [9.17, 15) is 4.79 Å². The van der Waals surface area contributed by atoms with Gasteiger partial charge in [-0.05, 0) is 32.2 Å². The number of hydrogen-bond acceptors (Lipinski definition) is 4. The van der Waals surface area contributed by atoms with E-state index in [0.717, 1.165) is 19.4 Å². The molecular weight excluding hydrogens is 256 g/mol. The molecule has 0 aliphatic rings. The van der Waals surface area contributed by atoms with Gasteiger partial charge in [-0.1, -0.05) is 32.9 Å². The summed E-state index contributed by atoms with van der Waals surface area (Å²) in [5.41, 5.74) is 5.29. The lowest BCUT2D eigenvalue weighted by Crippen LogP contribution is -2.43. The van der Waals surface area contributed by atoms with Crippen molar-refractivity contribution in [1.82, 2.24) is 10.6 Å². The van der Waals surface area contributed by atoms with E-state index >= 15 is 0 Å². The SMILES string of the molecule is CC(C)CNC(=O)C(C)NCCCC(C)(C)C(N)=NO. The summed E-state index contributed by atoms with van der Waals surface area (Å²) in [7, 11) is 0. The zero-order valence-electron chi connectivity index (χ0n) is 13.4. The van der Waals surface area contributed by atoms with Gasteiger partial charge >= 0.3 is 0 Å². The lowest BCUT2D eigenvalue weighted by Gasteiger charge is -2.23. The van der Waals surface area contributed by atoms with Gasteiger partial charge in [0.2, 0.25) is 5.91 Å². The molecule has 0 aromatic rings. The summed E-state index contributed by atoms with van der Waals surface area (Å²) in [5, 5.41) is 17.8. The van der Waals surface area contributed by atoms with E-state index in [-0.39, 0.29) is 23.2 Å². The van der Waals surface area contributed by atoms with Gasteiger partial charge in [-0.25, -0.2) is 0 Å². The molecule has 0 saturated carbocycles. The van der Waals surface area contributed by atoms with E-state index in [2.05, 4.69) is 29.6 Å². The van der Waals surface area contributed by atoms with Crippen molar-refractivity contribution >= 4 is 11.7 Å². The predicted molar refractivity (Wildman–Crippen MR) is 81.7 cm³/mol. The number of nitrogens with zero attached hydrogens (tertiary/aromatic N) is 1. The van der Waals surface area contributed by atoms with Crippen molar-refractivity contribution in [3.05, 3.63) is 0 Å². The molecule has 0 bridgehead atoms. The Morgan fingerprint density at radius 1 is 1.35 bits per heavy atom. The molecule has 0 aromatic heterocycles. The predicted octanol–water partition coefficient (Wildman–Crippen LogP) is 1.29. The lowest BCUT2D eigenvalue weighted by molar-refractivity contribution is -0.122. The van der Waals surface area contributed by atoms with E-state index < -0.39 is 0 Å². The van der Waals surface area contributed by atoms with Crippen LogP contribution in [0.2, 0.25) is 0 Å². The van der Waals surface area contributed by atoms with Crippen molar-refractivity contribution in [2.24, 2.45) is 22.2 Å². The van der Waals surface area contributed by atoms with Gasteiger partial charge in [0.25, 0.3) is 0 Å². The summed E-state index contributed by atoms with van der Waals surface area (Å²) in [6.07, 6.45) is 1.64. The van der Waals surface area contributed by atoms with Crippen molar-refractivity contribution in [2.45, 2.75) is 53.5 Å². The molecule has 1 atom stereocenters. The van der Waals surface area contributed by atoms with E-state index in [0.29, 0.717) is 12.5 Å². The first-order valence-electron chi connectivity index (χ1n) is 7.19. The molecule has 20 heavy (non-hydrogen) atoms. The first-order chi connectivity index (χ1) is 9.20. The summed E-state index contributed by atoms with van der Waals surface area (Å²) in [6.45, 7) is 11.3. The second kappa shape index (κ2) is 8.79. The minimum Gasteiger partial charge on any atom is -0.409 e. The van der Waals surface area contributed by atoms with Crippen LogP contribution in [0.4, 0.5) is 0 Å². The molecule has 0 fully saturated rings. The smallest absolute Gasteiger partial charge is 0.236 e. The van der Waals surface area contributed by atoms with Crippen molar-refractivity contribution < 1.29 is 10.0 Å². The van der Waals surface area contributed by atoms with Gasteiger partial charge in [-0.3, -0.25) is 4.79 Å². The van der Waals surface area contributed by atoms with Gasteiger partial charge in [0.1, 0.15) is 5.84 Å². The van der Waals surface area contributed by atoms with Crippen molar-refractivity contribution in [3.63, 3.8) is 0 Å². The van der Waals surface area contributed by atoms with Crippen molar-refractivity contribution in [2.75, 3.05) is 13.1 Å². The maximum atomic E-state index is 11.7. The van der Waals surface area contributed by atoms with Gasteiger partial charge in [0, 0.05) is 12.0 Å². The molecule has 0 rings (SSSR count). The van der Waals surface area contributed by atoms with Crippen LogP contribution in [0.5, 0.6) is 0 Å². The van der Waals surface area contributed by atoms with E-state index in [1.807, 2.05) is 20.8 Å². The molecule has 0 spiro atoms. The molecule has 0 heterocycles. The second-order valence-corrected chi connectivity index (χ2v) is 6.29. The Hall–Kier alpha value is -1.30. The van der Waals surface area contributed by atoms with Crippen molar-refractivity contribution in [3.8, 4) is 0 Å². The highest BCUT2D eigenvalue weighted by molar-refractivity contribution is 5.85. The average molecular weight is 286 g/mol. The van der Waals surface area contributed by atoms with Crippen LogP contribution >= 0.6 is 0 Å². The van der Waals surface area contributed by atoms with Crippen LogP contribution in [0.3, 0.4) is 0 Å². The molecule has 118 valence electrons. The summed E-state index contributed by atoms with van der Waals surface area (Å²) >= 11 is 0.